The van der Waals surface area contributed by atoms with Crippen molar-refractivity contribution < 1.29 is 0 Å². The average molecular weight is 324 g/mol. The Labute approximate surface area is 140 Å². The van der Waals surface area contributed by atoms with Gasteiger partial charge in [-0.1, -0.05) is 51.1 Å². The van der Waals surface area contributed by atoms with Gasteiger partial charge in [0.1, 0.15) is 16.6 Å². The van der Waals surface area contributed by atoms with Crippen LogP contribution in [0, 0.1) is 0 Å². The van der Waals surface area contributed by atoms with Gasteiger partial charge < -0.3 is 5.32 Å². The molecule has 1 aromatic carbocycles. The SMILES string of the molecule is CC(C)(C)c1nccc(NCc2csc(-c3ccccc3)n2)n1. The number of aromatic nitrogens is 3. The molecule has 0 aliphatic carbocycles. The zero-order valence-electron chi connectivity index (χ0n) is 13.6. The summed E-state index contributed by atoms with van der Waals surface area (Å²) >= 11 is 1.66. The van der Waals surface area contributed by atoms with Gasteiger partial charge in [0.25, 0.3) is 0 Å². The Kier molecular flexibility index (Phi) is 4.39. The molecule has 3 aromatic rings. The molecule has 0 saturated carbocycles. The predicted octanol–water partition coefficient (Wildman–Crippen LogP) is 4.51. The lowest BCUT2D eigenvalue weighted by Gasteiger charge is -2.16. The second-order valence-corrected chi connectivity index (χ2v) is 7.24. The average Bonchev–Trinajstić information content (AvgIpc) is 3.02. The second kappa shape index (κ2) is 6.46. The predicted molar refractivity (Wildman–Crippen MR) is 95.6 cm³/mol. The number of nitrogens with zero attached hydrogens (tertiary/aromatic N) is 3. The smallest absolute Gasteiger partial charge is 0.135 e. The van der Waals surface area contributed by atoms with Crippen LogP contribution in [0.3, 0.4) is 0 Å². The lowest BCUT2D eigenvalue weighted by molar-refractivity contribution is 0.546. The van der Waals surface area contributed by atoms with Crippen LogP contribution in [0.1, 0.15) is 32.3 Å². The first-order chi connectivity index (χ1) is 11.0. The lowest BCUT2D eigenvalue weighted by Crippen LogP contribution is -2.16. The highest BCUT2D eigenvalue weighted by molar-refractivity contribution is 7.13. The molecule has 0 spiro atoms. The molecule has 4 nitrogen and oxygen atoms in total. The summed E-state index contributed by atoms with van der Waals surface area (Å²) < 4.78 is 0. The third-order valence-electron chi connectivity index (χ3n) is 3.35. The molecule has 0 bridgehead atoms. The fraction of sp³-hybridized carbons (Fsp3) is 0.278. The molecule has 3 rings (SSSR count). The Morgan fingerprint density at radius 3 is 2.57 bits per heavy atom. The summed E-state index contributed by atoms with van der Waals surface area (Å²) in [5.74, 6) is 1.67. The molecule has 0 unspecified atom stereocenters. The number of thiazole rings is 1. The molecule has 5 heteroatoms. The lowest BCUT2D eigenvalue weighted by atomic mass is 9.96. The molecule has 1 N–H and O–H groups in total. The molecule has 2 heterocycles. The summed E-state index contributed by atoms with van der Waals surface area (Å²) in [6.45, 7) is 6.99. The van der Waals surface area contributed by atoms with Gasteiger partial charge >= 0.3 is 0 Å². The fourth-order valence-electron chi connectivity index (χ4n) is 2.10. The van der Waals surface area contributed by atoms with E-state index in [1.165, 1.54) is 0 Å². The maximum atomic E-state index is 4.68. The van der Waals surface area contributed by atoms with Crippen LogP contribution in [-0.4, -0.2) is 15.0 Å². The molecular weight excluding hydrogens is 304 g/mol. The van der Waals surface area contributed by atoms with E-state index in [2.05, 4.69) is 58.6 Å². The summed E-state index contributed by atoms with van der Waals surface area (Å²) in [6, 6.07) is 12.1. The molecule has 0 fully saturated rings. The maximum absolute atomic E-state index is 4.68. The number of hydrogen-bond acceptors (Lipinski definition) is 5. The van der Waals surface area contributed by atoms with E-state index < -0.39 is 0 Å². The first kappa shape index (κ1) is 15.6. The van der Waals surface area contributed by atoms with Gasteiger partial charge in [0, 0.05) is 22.6 Å². The van der Waals surface area contributed by atoms with Gasteiger partial charge in [-0.3, -0.25) is 0 Å². The maximum Gasteiger partial charge on any atom is 0.135 e. The highest BCUT2D eigenvalue weighted by atomic mass is 32.1. The molecule has 2 aromatic heterocycles. The quantitative estimate of drug-likeness (QED) is 0.767. The number of rotatable bonds is 4. The minimum Gasteiger partial charge on any atom is -0.364 e. The third kappa shape index (κ3) is 3.93. The van der Waals surface area contributed by atoms with Crippen molar-refractivity contribution >= 4 is 17.2 Å². The van der Waals surface area contributed by atoms with Crippen molar-refractivity contribution in [1.82, 2.24) is 15.0 Å². The highest BCUT2D eigenvalue weighted by Crippen LogP contribution is 2.24. The van der Waals surface area contributed by atoms with Crippen LogP contribution in [0.2, 0.25) is 0 Å². The van der Waals surface area contributed by atoms with Crippen LogP contribution in [0.15, 0.2) is 48.0 Å². The molecule has 118 valence electrons. The summed E-state index contributed by atoms with van der Waals surface area (Å²) in [7, 11) is 0. The summed E-state index contributed by atoms with van der Waals surface area (Å²) in [5, 5.41) is 6.46. The van der Waals surface area contributed by atoms with Gasteiger partial charge in [0.15, 0.2) is 0 Å². The number of hydrogen-bond donors (Lipinski definition) is 1. The molecule has 0 amide bonds. The van der Waals surface area contributed by atoms with Crippen molar-refractivity contribution in [2.24, 2.45) is 0 Å². The van der Waals surface area contributed by atoms with E-state index >= 15 is 0 Å². The second-order valence-electron chi connectivity index (χ2n) is 6.38. The van der Waals surface area contributed by atoms with Crippen LogP contribution >= 0.6 is 11.3 Å². The van der Waals surface area contributed by atoms with Crippen molar-refractivity contribution in [3.63, 3.8) is 0 Å². The van der Waals surface area contributed by atoms with E-state index in [0.717, 1.165) is 27.9 Å². The van der Waals surface area contributed by atoms with E-state index in [0.29, 0.717) is 6.54 Å². The Balaban J connectivity index is 1.69. The zero-order chi connectivity index (χ0) is 16.3. The zero-order valence-corrected chi connectivity index (χ0v) is 14.4. The van der Waals surface area contributed by atoms with E-state index in [4.69, 9.17) is 0 Å². The van der Waals surface area contributed by atoms with Crippen LogP contribution in [0.25, 0.3) is 10.6 Å². The summed E-state index contributed by atoms with van der Waals surface area (Å²) in [4.78, 5) is 13.6. The monoisotopic (exact) mass is 324 g/mol. The number of nitrogens with one attached hydrogen (secondary N) is 1. The molecular formula is C18H20N4S. The van der Waals surface area contributed by atoms with Crippen LogP contribution < -0.4 is 5.32 Å². The van der Waals surface area contributed by atoms with Gasteiger partial charge in [-0.15, -0.1) is 11.3 Å². The van der Waals surface area contributed by atoms with Crippen molar-refractivity contribution in [2.75, 3.05) is 5.32 Å². The Morgan fingerprint density at radius 2 is 1.83 bits per heavy atom. The van der Waals surface area contributed by atoms with Gasteiger partial charge in [-0.05, 0) is 6.07 Å². The normalized spacial score (nSPS) is 11.4. The van der Waals surface area contributed by atoms with Crippen molar-refractivity contribution in [2.45, 2.75) is 32.7 Å². The van der Waals surface area contributed by atoms with Crippen LogP contribution in [0.4, 0.5) is 5.82 Å². The van der Waals surface area contributed by atoms with Crippen molar-refractivity contribution in [3.8, 4) is 10.6 Å². The highest BCUT2D eigenvalue weighted by Gasteiger charge is 2.17. The number of benzene rings is 1. The Bertz CT molecular complexity index is 775. The van der Waals surface area contributed by atoms with E-state index in [1.807, 2.05) is 24.3 Å². The van der Waals surface area contributed by atoms with Crippen LogP contribution in [-0.2, 0) is 12.0 Å². The van der Waals surface area contributed by atoms with Crippen LogP contribution in [0.5, 0.6) is 0 Å². The first-order valence-corrected chi connectivity index (χ1v) is 8.47. The fourth-order valence-corrected chi connectivity index (χ4v) is 2.93. The molecule has 23 heavy (non-hydrogen) atoms. The minimum absolute atomic E-state index is 0.0567. The topological polar surface area (TPSA) is 50.7 Å². The Hall–Kier alpha value is -2.27. The largest absolute Gasteiger partial charge is 0.364 e. The molecule has 0 atom stereocenters. The molecule has 0 aliphatic rings. The van der Waals surface area contributed by atoms with E-state index in [9.17, 15) is 0 Å². The first-order valence-electron chi connectivity index (χ1n) is 7.59. The minimum atomic E-state index is -0.0567. The standard InChI is InChI=1S/C18H20N4S/c1-18(2,3)17-19-10-9-15(22-17)20-11-14-12-23-16(21-14)13-7-5-4-6-8-13/h4-10,12H,11H2,1-3H3,(H,19,20,22). The van der Waals surface area contributed by atoms with Crippen molar-refractivity contribution in [3.05, 3.63) is 59.5 Å². The van der Waals surface area contributed by atoms with Gasteiger partial charge in [0.2, 0.25) is 0 Å². The Morgan fingerprint density at radius 1 is 1.04 bits per heavy atom. The van der Waals surface area contributed by atoms with Crippen molar-refractivity contribution in [1.29, 1.82) is 0 Å². The molecule has 0 aliphatic heterocycles. The van der Waals surface area contributed by atoms with Gasteiger partial charge in [0.05, 0.1) is 12.2 Å². The van der Waals surface area contributed by atoms with Gasteiger partial charge in [-0.2, -0.15) is 0 Å². The van der Waals surface area contributed by atoms with E-state index in [-0.39, 0.29) is 5.41 Å². The summed E-state index contributed by atoms with van der Waals surface area (Å²) in [6.07, 6.45) is 1.80. The molecule has 0 saturated heterocycles. The third-order valence-corrected chi connectivity index (χ3v) is 4.29. The number of anilines is 1. The molecule has 0 radical (unpaired) electrons. The summed E-state index contributed by atoms with van der Waals surface area (Å²) in [5.41, 5.74) is 2.12. The van der Waals surface area contributed by atoms with E-state index in [1.54, 1.807) is 17.5 Å². The van der Waals surface area contributed by atoms with Gasteiger partial charge in [-0.25, -0.2) is 15.0 Å².